The molecule has 1 unspecified atom stereocenters. The molecule has 114 valence electrons. The van der Waals surface area contributed by atoms with Crippen molar-refractivity contribution in [3.05, 3.63) is 29.8 Å². The summed E-state index contributed by atoms with van der Waals surface area (Å²) in [6.45, 7) is 5.79. The van der Waals surface area contributed by atoms with E-state index in [-0.39, 0.29) is 0 Å². The van der Waals surface area contributed by atoms with E-state index >= 15 is 0 Å². The average Bonchev–Trinajstić information content (AvgIpc) is 2.92. The van der Waals surface area contributed by atoms with Crippen LogP contribution in [0.1, 0.15) is 11.5 Å². The molecule has 2 heterocycles. The summed E-state index contributed by atoms with van der Waals surface area (Å²) in [5.41, 5.74) is 7.08. The van der Waals surface area contributed by atoms with E-state index in [4.69, 9.17) is 10.9 Å². The average molecular weight is 306 g/mol. The summed E-state index contributed by atoms with van der Waals surface area (Å²) in [7, 11) is 0. The van der Waals surface area contributed by atoms with E-state index in [0.29, 0.717) is 18.3 Å². The van der Waals surface area contributed by atoms with Crippen molar-refractivity contribution in [2.24, 2.45) is 10.9 Å². The summed E-state index contributed by atoms with van der Waals surface area (Å²) < 4.78 is 0. The molecule has 2 aliphatic rings. The molecule has 0 aliphatic carbocycles. The van der Waals surface area contributed by atoms with Crippen LogP contribution in [0.5, 0.6) is 0 Å². The normalized spacial score (nSPS) is 24.2. The molecule has 0 aromatic heterocycles. The second-order valence-corrected chi connectivity index (χ2v) is 6.78. The minimum absolute atomic E-state index is 0.296. The number of nitrogens with two attached hydrogens (primary N) is 1. The number of fused-ring (bicyclic) bond motifs is 1. The van der Waals surface area contributed by atoms with Gasteiger partial charge in [-0.15, -0.1) is 11.8 Å². The number of piperazine rings is 1. The first-order valence-corrected chi connectivity index (χ1v) is 8.37. The summed E-state index contributed by atoms with van der Waals surface area (Å²) in [6, 6.07) is 8.77. The SMILES string of the molecule is NC(CN1CCN(CC2CSc3ccccc32)CC1)=NO. The Bertz CT molecular complexity index is 514. The van der Waals surface area contributed by atoms with Gasteiger partial charge in [0.25, 0.3) is 0 Å². The molecule has 1 aromatic rings. The number of thioether (sulfide) groups is 1. The second kappa shape index (κ2) is 6.68. The minimum atomic E-state index is 0.296. The molecule has 6 heteroatoms. The summed E-state index contributed by atoms with van der Waals surface area (Å²) in [5.74, 6) is 2.15. The highest BCUT2D eigenvalue weighted by Gasteiger charge is 2.26. The van der Waals surface area contributed by atoms with E-state index in [9.17, 15) is 0 Å². The van der Waals surface area contributed by atoms with Crippen molar-refractivity contribution in [2.75, 3.05) is 45.0 Å². The molecular formula is C15H22N4OS. The fourth-order valence-corrected chi connectivity index (χ4v) is 4.32. The molecule has 1 aromatic carbocycles. The summed E-state index contributed by atoms with van der Waals surface area (Å²) in [6.07, 6.45) is 0. The Hall–Kier alpha value is -1.24. The zero-order valence-electron chi connectivity index (χ0n) is 12.1. The summed E-state index contributed by atoms with van der Waals surface area (Å²) >= 11 is 1.98. The molecule has 0 saturated carbocycles. The maximum atomic E-state index is 8.62. The number of nitrogens with zero attached hydrogens (tertiary/aromatic N) is 3. The highest BCUT2D eigenvalue weighted by molar-refractivity contribution is 7.99. The molecule has 1 fully saturated rings. The molecule has 3 N–H and O–H groups in total. The van der Waals surface area contributed by atoms with Crippen molar-refractivity contribution in [2.45, 2.75) is 10.8 Å². The number of rotatable bonds is 4. The smallest absolute Gasteiger partial charge is 0.153 e. The van der Waals surface area contributed by atoms with Crippen molar-refractivity contribution in [3.8, 4) is 0 Å². The third kappa shape index (κ3) is 3.51. The van der Waals surface area contributed by atoms with Gasteiger partial charge in [0, 0.05) is 49.3 Å². The number of hydrogen-bond acceptors (Lipinski definition) is 5. The van der Waals surface area contributed by atoms with Gasteiger partial charge in [-0.2, -0.15) is 0 Å². The van der Waals surface area contributed by atoms with Gasteiger partial charge in [0.1, 0.15) is 0 Å². The van der Waals surface area contributed by atoms with Crippen LogP contribution in [-0.4, -0.2) is 65.9 Å². The predicted octanol–water partition coefficient (Wildman–Crippen LogP) is 1.24. The van der Waals surface area contributed by atoms with Crippen LogP contribution in [0.2, 0.25) is 0 Å². The number of hydrogen-bond donors (Lipinski definition) is 2. The van der Waals surface area contributed by atoms with E-state index in [1.807, 2.05) is 11.8 Å². The molecule has 0 spiro atoms. The van der Waals surface area contributed by atoms with E-state index < -0.39 is 0 Å². The van der Waals surface area contributed by atoms with Crippen LogP contribution in [0.3, 0.4) is 0 Å². The van der Waals surface area contributed by atoms with Gasteiger partial charge in [0.2, 0.25) is 0 Å². The van der Waals surface area contributed by atoms with Gasteiger partial charge >= 0.3 is 0 Å². The monoisotopic (exact) mass is 306 g/mol. The van der Waals surface area contributed by atoms with Crippen LogP contribution in [-0.2, 0) is 0 Å². The standard InChI is InChI=1S/C15H22N4OS/c16-15(17-20)10-19-7-5-18(6-8-19)9-12-11-21-14-4-2-1-3-13(12)14/h1-4,12,20H,5-11H2,(H2,16,17). The van der Waals surface area contributed by atoms with Gasteiger partial charge in [-0.1, -0.05) is 23.4 Å². The number of oxime groups is 1. The van der Waals surface area contributed by atoms with Gasteiger partial charge in [0.15, 0.2) is 5.84 Å². The van der Waals surface area contributed by atoms with Crippen molar-refractivity contribution < 1.29 is 5.21 Å². The van der Waals surface area contributed by atoms with Gasteiger partial charge in [0.05, 0.1) is 6.54 Å². The van der Waals surface area contributed by atoms with Gasteiger partial charge in [-0.3, -0.25) is 4.90 Å². The quantitative estimate of drug-likeness (QED) is 0.379. The zero-order valence-corrected chi connectivity index (χ0v) is 12.9. The first-order valence-electron chi connectivity index (χ1n) is 7.39. The molecule has 0 bridgehead atoms. The fraction of sp³-hybridized carbons (Fsp3) is 0.533. The third-order valence-electron chi connectivity index (χ3n) is 4.26. The highest BCUT2D eigenvalue weighted by atomic mass is 32.2. The van der Waals surface area contributed by atoms with Crippen LogP contribution in [0.4, 0.5) is 0 Å². The van der Waals surface area contributed by atoms with E-state index in [1.165, 1.54) is 16.2 Å². The molecule has 0 amide bonds. The zero-order chi connectivity index (χ0) is 14.7. The Kier molecular flexibility index (Phi) is 4.67. The molecule has 0 radical (unpaired) electrons. The predicted molar refractivity (Wildman–Crippen MR) is 86.2 cm³/mol. The third-order valence-corrected chi connectivity index (χ3v) is 5.51. The van der Waals surface area contributed by atoms with E-state index in [1.54, 1.807) is 0 Å². The van der Waals surface area contributed by atoms with Gasteiger partial charge in [-0.25, -0.2) is 0 Å². The summed E-state index contributed by atoms with van der Waals surface area (Å²) in [5, 5.41) is 11.7. The van der Waals surface area contributed by atoms with Gasteiger partial charge < -0.3 is 15.8 Å². The Morgan fingerprint density at radius 2 is 1.95 bits per heavy atom. The second-order valence-electron chi connectivity index (χ2n) is 5.71. The molecule has 2 aliphatic heterocycles. The maximum absolute atomic E-state index is 8.62. The Balaban J connectivity index is 1.50. The molecule has 21 heavy (non-hydrogen) atoms. The fourth-order valence-electron chi connectivity index (χ4n) is 3.08. The Labute approximate surface area is 129 Å². The van der Waals surface area contributed by atoms with Crippen molar-refractivity contribution >= 4 is 17.6 Å². The maximum Gasteiger partial charge on any atom is 0.153 e. The lowest BCUT2D eigenvalue weighted by molar-refractivity contribution is 0.140. The lowest BCUT2D eigenvalue weighted by atomic mass is 10.0. The van der Waals surface area contributed by atoms with Crippen LogP contribution in [0.15, 0.2) is 34.3 Å². The van der Waals surface area contributed by atoms with Crippen LogP contribution >= 0.6 is 11.8 Å². The van der Waals surface area contributed by atoms with Crippen LogP contribution in [0.25, 0.3) is 0 Å². The molecule has 1 atom stereocenters. The molecular weight excluding hydrogens is 284 g/mol. The topological polar surface area (TPSA) is 65.1 Å². The Morgan fingerprint density at radius 3 is 2.71 bits per heavy atom. The first kappa shape index (κ1) is 14.7. The Morgan fingerprint density at radius 1 is 1.24 bits per heavy atom. The van der Waals surface area contributed by atoms with E-state index in [2.05, 4.69) is 39.2 Å². The van der Waals surface area contributed by atoms with Crippen molar-refractivity contribution in [1.82, 2.24) is 9.80 Å². The molecule has 3 rings (SSSR count). The van der Waals surface area contributed by atoms with Crippen LogP contribution in [0, 0.1) is 0 Å². The molecule has 5 nitrogen and oxygen atoms in total. The highest BCUT2D eigenvalue weighted by Crippen LogP contribution is 2.39. The lowest BCUT2D eigenvalue weighted by Crippen LogP contribution is -2.49. The van der Waals surface area contributed by atoms with Crippen molar-refractivity contribution in [3.63, 3.8) is 0 Å². The minimum Gasteiger partial charge on any atom is -0.409 e. The van der Waals surface area contributed by atoms with Crippen LogP contribution < -0.4 is 5.73 Å². The lowest BCUT2D eigenvalue weighted by Gasteiger charge is -2.35. The first-order chi connectivity index (χ1) is 10.3. The number of amidine groups is 1. The van der Waals surface area contributed by atoms with Gasteiger partial charge in [-0.05, 0) is 11.6 Å². The number of benzene rings is 1. The molecule has 1 saturated heterocycles. The summed E-state index contributed by atoms with van der Waals surface area (Å²) in [4.78, 5) is 6.23. The van der Waals surface area contributed by atoms with Crippen molar-refractivity contribution in [1.29, 1.82) is 0 Å². The van der Waals surface area contributed by atoms with E-state index in [0.717, 1.165) is 32.7 Å². The largest absolute Gasteiger partial charge is 0.409 e.